The molecular formula is C9H13FN2OS. The van der Waals surface area contributed by atoms with Crippen LogP contribution in [0.3, 0.4) is 0 Å². The molecule has 0 bridgehead atoms. The third kappa shape index (κ3) is 3.83. The highest BCUT2D eigenvalue weighted by Crippen LogP contribution is 2.02. The fraction of sp³-hybridized carbons (Fsp3) is 0.444. The predicted octanol–water partition coefficient (Wildman–Crippen LogP) is 1.40. The molecule has 0 radical (unpaired) electrons. The molecule has 1 N–H and O–H groups in total. The van der Waals surface area contributed by atoms with Gasteiger partial charge in [0.25, 0.3) is 0 Å². The third-order valence-electron chi connectivity index (χ3n) is 1.67. The number of halogens is 1. The lowest BCUT2D eigenvalue weighted by molar-refractivity contribution is 0.585. The van der Waals surface area contributed by atoms with Gasteiger partial charge in [-0.2, -0.15) is 4.39 Å². The molecule has 3 nitrogen and oxygen atoms in total. The van der Waals surface area contributed by atoms with Gasteiger partial charge in [-0.15, -0.1) is 0 Å². The Morgan fingerprint density at radius 1 is 1.57 bits per heavy atom. The van der Waals surface area contributed by atoms with E-state index in [2.05, 4.69) is 10.3 Å². The normalized spacial score (nSPS) is 12.4. The Labute approximate surface area is 85.2 Å². The Hall–Kier alpha value is -0.970. The first-order valence-electron chi connectivity index (χ1n) is 4.43. The number of hydrogen-bond donors (Lipinski definition) is 1. The van der Waals surface area contributed by atoms with E-state index < -0.39 is 16.7 Å². The lowest BCUT2D eigenvalue weighted by atomic mass is 10.4. The van der Waals surface area contributed by atoms with Crippen LogP contribution < -0.4 is 5.32 Å². The maximum absolute atomic E-state index is 12.6. The minimum atomic E-state index is -0.790. The summed E-state index contributed by atoms with van der Waals surface area (Å²) < 4.78 is 23.7. The topological polar surface area (TPSA) is 42.0 Å². The molecular weight excluding hydrogens is 203 g/mol. The maximum Gasteiger partial charge on any atom is 0.214 e. The van der Waals surface area contributed by atoms with Crippen molar-refractivity contribution in [2.24, 2.45) is 0 Å². The molecule has 0 saturated heterocycles. The molecule has 0 fully saturated rings. The first-order chi connectivity index (χ1) is 6.72. The molecule has 0 aromatic carbocycles. The SMILES string of the molecule is CCS(=O)CCNc1cccc(F)n1. The van der Waals surface area contributed by atoms with E-state index in [1.807, 2.05) is 6.92 Å². The molecule has 1 unspecified atom stereocenters. The molecule has 1 rings (SSSR count). The molecule has 1 aromatic rings. The highest BCUT2D eigenvalue weighted by atomic mass is 32.2. The zero-order valence-corrected chi connectivity index (χ0v) is 8.81. The van der Waals surface area contributed by atoms with E-state index in [0.717, 1.165) is 0 Å². The second kappa shape index (κ2) is 5.70. The van der Waals surface area contributed by atoms with Crippen molar-refractivity contribution in [3.8, 4) is 0 Å². The zero-order valence-electron chi connectivity index (χ0n) is 8.00. The van der Waals surface area contributed by atoms with Gasteiger partial charge >= 0.3 is 0 Å². The average molecular weight is 216 g/mol. The highest BCUT2D eigenvalue weighted by molar-refractivity contribution is 7.84. The molecule has 1 heterocycles. The largest absolute Gasteiger partial charge is 0.369 e. The molecule has 78 valence electrons. The molecule has 0 spiro atoms. The van der Waals surface area contributed by atoms with E-state index >= 15 is 0 Å². The van der Waals surface area contributed by atoms with Crippen LogP contribution in [0.15, 0.2) is 18.2 Å². The first kappa shape index (κ1) is 11.1. The number of anilines is 1. The Bertz CT molecular complexity index is 319. The fourth-order valence-corrected chi connectivity index (χ4v) is 1.56. The van der Waals surface area contributed by atoms with Gasteiger partial charge in [0.05, 0.1) is 0 Å². The Kier molecular flexibility index (Phi) is 4.52. The van der Waals surface area contributed by atoms with Gasteiger partial charge in [-0.3, -0.25) is 4.21 Å². The van der Waals surface area contributed by atoms with E-state index in [1.165, 1.54) is 6.07 Å². The second-order valence-electron chi connectivity index (χ2n) is 2.70. The van der Waals surface area contributed by atoms with Crippen LogP contribution in [0, 0.1) is 5.95 Å². The minimum Gasteiger partial charge on any atom is -0.369 e. The molecule has 5 heteroatoms. The summed E-state index contributed by atoms with van der Waals surface area (Å²) in [6.07, 6.45) is 0. The van der Waals surface area contributed by atoms with Crippen LogP contribution in [0.4, 0.5) is 10.2 Å². The van der Waals surface area contributed by atoms with Crippen LogP contribution in [0.5, 0.6) is 0 Å². The first-order valence-corrected chi connectivity index (χ1v) is 5.92. The van der Waals surface area contributed by atoms with Gasteiger partial charge in [0, 0.05) is 28.9 Å². The molecule has 14 heavy (non-hydrogen) atoms. The molecule has 1 atom stereocenters. The van der Waals surface area contributed by atoms with Crippen molar-refractivity contribution in [1.82, 2.24) is 4.98 Å². The highest BCUT2D eigenvalue weighted by Gasteiger charge is 1.97. The second-order valence-corrected chi connectivity index (χ2v) is 4.57. The fourth-order valence-electron chi connectivity index (χ4n) is 0.944. The Morgan fingerprint density at radius 3 is 3.00 bits per heavy atom. The van der Waals surface area contributed by atoms with Crippen molar-refractivity contribution in [3.05, 3.63) is 24.1 Å². The maximum atomic E-state index is 12.6. The number of nitrogens with one attached hydrogen (secondary N) is 1. The van der Waals surface area contributed by atoms with Crippen molar-refractivity contribution < 1.29 is 8.60 Å². The zero-order chi connectivity index (χ0) is 10.4. The van der Waals surface area contributed by atoms with Crippen LogP contribution in [-0.4, -0.2) is 27.2 Å². The Morgan fingerprint density at radius 2 is 2.36 bits per heavy atom. The summed E-state index contributed by atoms with van der Waals surface area (Å²) in [5.41, 5.74) is 0. The van der Waals surface area contributed by atoms with E-state index in [1.54, 1.807) is 12.1 Å². The van der Waals surface area contributed by atoms with Crippen LogP contribution >= 0.6 is 0 Å². The van der Waals surface area contributed by atoms with Crippen molar-refractivity contribution in [3.63, 3.8) is 0 Å². The van der Waals surface area contributed by atoms with Crippen LogP contribution in [0.25, 0.3) is 0 Å². The summed E-state index contributed by atoms with van der Waals surface area (Å²) in [6, 6.07) is 4.55. The van der Waals surface area contributed by atoms with Gasteiger partial charge in [0.15, 0.2) is 0 Å². The number of hydrogen-bond acceptors (Lipinski definition) is 3. The molecule has 1 aromatic heterocycles. The van der Waals surface area contributed by atoms with Crippen LogP contribution in [-0.2, 0) is 10.8 Å². The quantitative estimate of drug-likeness (QED) is 0.756. The number of rotatable bonds is 5. The molecule has 0 saturated carbocycles. The molecule has 0 aliphatic carbocycles. The number of pyridine rings is 1. The molecule has 0 amide bonds. The van der Waals surface area contributed by atoms with E-state index in [4.69, 9.17) is 0 Å². The van der Waals surface area contributed by atoms with E-state index in [9.17, 15) is 8.60 Å². The standard InChI is InChI=1S/C9H13FN2OS/c1-2-14(13)7-6-11-9-5-3-4-8(10)12-9/h3-5H,2,6-7H2,1H3,(H,11,12). The number of aromatic nitrogens is 1. The molecule has 0 aliphatic heterocycles. The summed E-state index contributed by atoms with van der Waals surface area (Å²) in [6.45, 7) is 2.42. The summed E-state index contributed by atoms with van der Waals surface area (Å²) in [5.74, 6) is 1.19. The lowest BCUT2D eigenvalue weighted by Gasteiger charge is -2.03. The van der Waals surface area contributed by atoms with Gasteiger partial charge in [0.2, 0.25) is 5.95 Å². The molecule has 0 aliphatic rings. The van der Waals surface area contributed by atoms with Crippen LogP contribution in [0.2, 0.25) is 0 Å². The van der Waals surface area contributed by atoms with Crippen molar-refractivity contribution in [2.75, 3.05) is 23.4 Å². The van der Waals surface area contributed by atoms with Gasteiger partial charge in [0.1, 0.15) is 5.82 Å². The van der Waals surface area contributed by atoms with Gasteiger partial charge in [-0.1, -0.05) is 13.0 Å². The van der Waals surface area contributed by atoms with Crippen molar-refractivity contribution in [1.29, 1.82) is 0 Å². The van der Waals surface area contributed by atoms with Gasteiger partial charge in [-0.25, -0.2) is 4.98 Å². The summed E-state index contributed by atoms with van der Waals surface area (Å²) in [7, 11) is -0.790. The Balaban J connectivity index is 2.35. The third-order valence-corrected chi connectivity index (χ3v) is 2.98. The van der Waals surface area contributed by atoms with Gasteiger partial charge in [-0.05, 0) is 12.1 Å². The van der Waals surface area contributed by atoms with E-state index in [-0.39, 0.29) is 0 Å². The summed E-state index contributed by atoms with van der Waals surface area (Å²) >= 11 is 0. The van der Waals surface area contributed by atoms with Gasteiger partial charge < -0.3 is 5.32 Å². The lowest BCUT2D eigenvalue weighted by Crippen LogP contribution is -2.12. The monoisotopic (exact) mass is 216 g/mol. The van der Waals surface area contributed by atoms with Crippen LogP contribution in [0.1, 0.15) is 6.92 Å². The predicted molar refractivity (Wildman–Crippen MR) is 56.2 cm³/mol. The minimum absolute atomic E-state index is 0.484. The summed E-state index contributed by atoms with van der Waals surface area (Å²) in [4.78, 5) is 3.62. The smallest absolute Gasteiger partial charge is 0.214 e. The van der Waals surface area contributed by atoms with Crippen molar-refractivity contribution >= 4 is 16.6 Å². The summed E-state index contributed by atoms with van der Waals surface area (Å²) in [5, 5.41) is 2.91. The van der Waals surface area contributed by atoms with Crippen molar-refractivity contribution in [2.45, 2.75) is 6.92 Å². The number of nitrogens with zero attached hydrogens (tertiary/aromatic N) is 1. The van der Waals surface area contributed by atoms with E-state index in [0.29, 0.717) is 23.9 Å². The average Bonchev–Trinajstić information content (AvgIpc) is 2.17.